The zero-order chi connectivity index (χ0) is 34.9. The number of aromatic nitrogens is 2. The number of amides is 2. The van der Waals surface area contributed by atoms with Crippen LogP contribution in [0.4, 0.5) is 55.4 Å². The van der Waals surface area contributed by atoms with E-state index in [1.54, 1.807) is 0 Å². The van der Waals surface area contributed by atoms with E-state index in [4.69, 9.17) is 11.6 Å². The lowest BCUT2D eigenvalue weighted by Crippen LogP contribution is -2.50. The Hall–Kier alpha value is -3.97. The monoisotopic (exact) mass is 778 g/mol. The summed E-state index contributed by atoms with van der Waals surface area (Å²) in [5.41, 5.74) is -9.62. The van der Waals surface area contributed by atoms with Crippen LogP contribution in [0.3, 0.4) is 0 Å². The van der Waals surface area contributed by atoms with Crippen LogP contribution in [0.1, 0.15) is 31.3 Å². The molecule has 0 fully saturated rings. The molecule has 0 spiro atoms. The molecule has 0 radical (unpaired) electrons. The highest BCUT2D eigenvalue weighted by Crippen LogP contribution is 2.55. The largest absolute Gasteiger partial charge is 0.435 e. The topological polar surface area (TPSA) is 84.4 Å². The van der Waals surface area contributed by atoms with Gasteiger partial charge in [0, 0.05) is 26.7 Å². The lowest BCUT2D eigenvalue weighted by molar-refractivity contribution is -0.348. The molecule has 0 saturated heterocycles. The minimum absolute atomic E-state index is 0.00173. The summed E-state index contributed by atoms with van der Waals surface area (Å²) >= 11 is 9.47. The second-order valence-electron chi connectivity index (χ2n) is 9.18. The van der Waals surface area contributed by atoms with Gasteiger partial charge in [0.25, 0.3) is 11.8 Å². The molecular formula is C27H14BrClF10N4O3S. The number of hydrogen-bond acceptors (Lipinski definition) is 6. The second kappa shape index (κ2) is 13.6. The van der Waals surface area contributed by atoms with Crippen LogP contribution in [0.5, 0.6) is 5.75 Å². The van der Waals surface area contributed by atoms with Crippen LogP contribution in [0, 0.1) is 5.82 Å². The fourth-order valence-corrected chi connectivity index (χ4v) is 5.48. The minimum Gasteiger partial charge on any atom is -0.433 e. The van der Waals surface area contributed by atoms with Crippen LogP contribution >= 0.6 is 38.9 Å². The van der Waals surface area contributed by atoms with Gasteiger partial charge in [-0.3, -0.25) is 14.5 Å². The summed E-state index contributed by atoms with van der Waals surface area (Å²) < 4.78 is 138. The number of alkyl halides is 9. The number of carbonyl (C=O) groups is 2. The number of thiazole rings is 1. The lowest BCUT2D eigenvalue weighted by atomic mass is 9.93. The summed E-state index contributed by atoms with van der Waals surface area (Å²) in [4.78, 5) is 36.1. The molecule has 7 nitrogen and oxygen atoms in total. The van der Waals surface area contributed by atoms with E-state index in [1.165, 1.54) is 30.5 Å². The standard InChI is InChI=1S/C27H14BrClF10N4O3S/c28-16-8-13(25(33,26(34,35)36)27(37,38)39)9-18(46-24(31)32)20(16)42-21(44)17-2-1-3-19(41-17)43(11-15-10-40-23(29)47-15)22(45)12-4-6-14(30)7-5-12/h1-10,24H,11H2,(H,42,44). The van der Waals surface area contributed by atoms with Gasteiger partial charge in [0.05, 0.1) is 12.2 Å². The third-order valence-corrected chi connectivity index (χ3v) is 7.83. The molecule has 0 saturated carbocycles. The number of anilines is 2. The van der Waals surface area contributed by atoms with Crippen LogP contribution in [0.25, 0.3) is 0 Å². The van der Waals surface area contributed by atoms with Crippen molar-refractivity contribution in [3.05, 3.63) is 97.2 Å². The molecule has 0 aliphatic rings. The van der Waals surface area contributed by atoms with Gasteiger partial charge in [0.2, 0.25) is 0 Å². The molecule has 0 aliphatic heterocycles. The molecule has 0 bridgehead atoms. The number of pyridine rings is 1. The molecule has 1 N–H and O–H groups in total. The number of hydrogen-bond donors (Lipinski definition) is 1. The van der Waals surface area contributed by atoms with Crippen molar-refractivity contribution in [2.75, 3.05) is 10.2 Å². The second-order valence-corrected chi connectivity index (χ2v) is 11.7. The van der Waals surface area contributed by atoms with Gasteiger partial charge in [-0.05, 0) is 64.5 Å². The van der Waals surface area contributed by atoms with E-state index in [9.17, 15) is 53.5 Å². The van der Waals surface area contributed by atoms with Crippen LogP contribution in [0.15, 0.2) is 65.3 Å². The molecule has 0 atom stereocenters. The summed E-state index contributed by atoms with van der Waals surface area (Å²) in [5, 5.41) is 1.98. The fraction of sp³-hybridized carbons (Fsp3) is 0.185. The van der Waals surface area contributed by atoms with Gasteiger partial charge >= 0.3 is 24.6 Å². The van der Waals surface area contributed by atoms with E-state index in [1.807, 2.05) is 5.32 Å². The normalized spacial score (nSPS) is 12.3. The predicted octanol–water partition coefficient (Wildman–Crippen LogP) is 9.08. The number of halogens is 12. The summed E-state index contributed by atoms with van der Waals surface area (Å²) in [7, 11) is 0. The van der Waals surface area contributed by atoms with Crippen molar-refractivity contribution in [1.82, 2.24) is 9.97 Å². The first-order valence-electron chi connectivity index (χ1n) is 12.4. The van der Waals surface area contributed by atoms with Gasteiger partial charge in [-0.1, -0.05) is 17.7 Å². The molecule has 2 heterocycles. The van der Waals surface area contributed by atoms with Crippen molar-refractivity contribution in [2.24, 2.45) is 0 Å². The Morgan fingerprint density at radius 2 is 1.64 bits per heavy atom. The van der Waals surface area contributed by atoms with Crippen molar-refractivity contribution in [1.29, 1.82) is 0 Å². The number of ether oxygens (including phenoxy) is 1. The Bertz CT molecular complexity index is 1770. The first-order valence-corrected chi connectivity index (χ1v) is 14.4. The fourth-order valence-electron chi connectivity index (χ4n) is 3.97. The molecule has 4 rings (SSSR count). The van der Waals surface area contributed by atoms with Crippen LogP contribution < -0.4 is 15.0 Å². The molecule has 2 aromatic heterocycles. The molecule has 0 unspecified atom stereocenters. The third kappa shape index (κ3) is 7.78. The van der Waals surface area contributed by atoms with E-state index in [0.717, 1.165) is 34.4 Å². The van der Waals surface area contributed by atoms with Gasteiger partial charge in [-0.2, -0.15) is 35.1 Å². The Morgan fingerprint density at radius 1 is 1.00 bits per heavy atom. The molecule has 47 heavy (non-hydrogen) atoms. The molecule has 2 aromatic carbocycles. The summed E-state index contributed by atoms with van der Waals surface area (Å²) in [6.45, 7) is -4.05. The highest BCUT2D eigenvalue weighted by atomic mass is 79.9. The summed E-state index contributed by atoms with van der Waals surface area (Å²) in [5.74, 6) is -4.28. The Morgan fingerprint density at radius 3 is 2.19 bits per heavy atom. The highest BCUT2D eigenvalue weighted by Gasteiger charge is 2.73. The van der Waals surface area contributed by atoms with E-state index in [2.05, 4.69) is 30.6 Å². The molecule has 2 amide bonds. The Labute approximate surface area is 274 Å². The quantitative estimate of drug-likeness (QED) is 0.172. The van der Waals surface area contributed by atoms with Crippen LogP contribution in [0.2, 0.25) is 4.47 Å². The predicted molar refractivity (Wildman–Crippen MR) is 152 cm³/mol. The van der Waals surface area contributed by atoms with Gasteiger partial charge in [-0.15, -0.1) is 11.3 Å². The van der Waals surface area contributed by atoms with Crippen molar-refractivity contribution in [3.8, 4) is 5.75 Å². The molecule has 4 aromatic rings. The van der Waals surface area contributed by atoms with Gasteiger partial charge in [-0.25, -0.2) is 18.7 Å². The maximum Gasteiger partial charge on any atom is 0.435 e. The smallest absolute Gasteiger partial charge is 0.433 e. The first kappa shape index (κ1) is 35.9. The van der Waals surface area contributed by atoms with Crippen LogP contribution in [-0.2, 0) is 12.2 Å². The summed E-state index contributed by atoms with van der Waals surface area (Å²) in [6.07, 6.45) is -11.8. The molecule has 250 valence electrons. The van der Waals surface area contributed by atoms with Crippen molar-refractivity contribution >= 4 is 62.2 Å². The third-order valence-electron chi connectivity index (χ3n) is 6.11. The summed E-state index contributed by atoms with van der Waals surface area (Å²) in [6, 6.07) is 7.69. The Balaban J connectivity index is 1.74. The molecule has 20 heteroatoms. The highest BCUT2D eigenvalue weighted by molar-refractivity contribution is 9.10. The van der Waals surface area contributed by atoms with Crippen molar-refractivity contribution in [2.45, 2.75) is 31.2 Å². The van der Waals surface area contributed by atoms with E-state index in [0.29, 0.717) is 4.88 Å². The number of benzene rings is 2. The van der Waals surface area contributed by atoms with Crippen molar-refractivity contribution in [3.63, 3.8) is 0 Å². The van der Waals surface area contributed by atoms with Gasteiger partial charge in [0.1, 0.15) is 17.3 Å². The van der Waals surface area contributed by atoms with Crippen molar-refractivity contribution < 1.29 is 58.2 Å². The molecular weight excluding hydrogens is 766 g/mol. The Kier molecular flexibility index (Phi) is 10.4. The minimum atomic E-state index is -6.58. The van der Waals surface area contributed by atoms with E-state index >= 15 is 0 Å². The number of nitrogens with one attached hydrogen (secondary N) is 1. The lowest BCUT2D eigenvalue weighted by Gasteiger charge is -2.31. The zero-order valence-electron chi connectivity index (χ0n) is 22.6. The van der Waals surface area contributed by atoms with Gasteiger partial charge in [0.15, 0.2) is 10.2 Å². The average molecular weight is 780 g/mol. The van der Waals surface area contributed by atoms with E-state index in [-0.39, 0.29) is 34.5 Å². The average Bonchev–Trinajstić information content (AvgIpc) is 3.40. The SMILES string of the molecule is O=C(Nc1c(Br)cc(C(F)(C(F)(F)F)C(F)(F)F)cc1OC(F)F)c1cccc(N(Cc2cnc(Cl)s2)C(=O)c2ccc(F)cc2)n1. The van der Waals surface area contributed by atoms with Gasteiger partial charge < -0.3 is 10.1 Å². The number of nitrogens with zero attached hydrogens (tertiary/aromatic N) is 3. The molecule has 0 aliphatic carbocycles. The number of carbonyl (C=O) groups excluding carboxylic acids is 2. The van der Waals surface area contributed by atoms with Crippen LogP contribution in [-0.4, -0.2) is 40.7 Å². The maximum absolute atomic E-state index is 14.7. The zero-order valence-corrected chi connectivity index (χ0v) is 25.7. The first-order chi connectivity index (χ1) is 21.8. The van der Waals surface area contributed by atoms with E-state index < -0.39 is 69.4 Å². The number of rotatable bonds is 9. The maximum atomic E-state index is 14.7.